The summed E-state index contributed by atoms with van der Waals surface area (Å²) in [6.07, 6.45) is 2.01. The number of hydrogen-bond acceptors (Lipinski definition) is 3. The molecule has 5 nitrogen and oxygen atoms in total. The van der Waals surface area contributed by atoms with Gasteiger partial charge in [-0.15, -0.1) is 11.8 Å². The third-order valence-electron chi connectivity index (χ3n) is 3.27. The summed E-state index contributed by atoms with van der Waals surface area (Å²) in [5.41, 5.74) is 1.01. The van der Waals surface area contributed by atoms with Crippen LogP contribution in [0, 0.1) is 5.92 Å². The van der Waals surface area contributed by atoms with Crippen molar-refractivity contribution in [3.8, 4) is 0 Å². The summed E-state index contributed by atoms with van der Waals surface area (Å²) in [4.78, 5) is 25.4. The molecule has 0 saturated carbocycles. The van der Waals surface area contributed by atoms with E-state index >= 15 is 0 Å². The summed E-state index contributed by atoms with van der Waals surface area (Å²) in [7, 11) is 1.60. The maximum absolute atomic E-state index is 12.0. The van der Waals surface area contributed by atoms with Crippen LogP contribution in [0.1, 0.15) is 25.5 Å². The van der Waals surface area contributed by atoms with Crippen LogP contribution < -0.4 is 5.32 Å². The minimum absolute atomic E-state index is 0.129. The summed E-state index contributed by atoms with van der Waals surface area (Å²) < 4.78 is 0. The molecule has 1 aromatic carbocycles. The van der Waals surface area contributed by atoms with Crippen LogP contribution in [0.3, 0.4) is 0 Å². The van der Waals surface area contributed by atoms with Crippen molar-refractivity contribution in [1.82, 2.24) is 10.2 Å². The lowest BCUT2D eigenvalue weighted by Crippen LogP contribution is -2.41. The van der Waals surface area contributed by atoms with Crippen molar-refractivity contribution in [2.24, 2.45) is 5.92 Å². The third kappa shape index (κ3) is 5.30. The molecule has 2 atom stereocenters. The maximum Gasteiger partial charge on any atom is 0.317 e. The van der Waals surface area contributed by atoms with Gasteiger partial charge in [0, 0.05) is 18.5 Å². The first-order chi connectivity index (χ1) is 9.85. The van der Waals surface area contributed by atoms with Gasteiger partial charge in [-0.1, -0.05) is 19.1 Å². The van der Waals surface area contributed by atoms with Gasteiger partial charge < -0.3 is 15.3 Å². The molecule has 0 aromatic heterocycles. The first-order valence-electron chi connectivity index (χ1n) is 6.73. The molecule has 6 heteroatoms. The highest BCUT2D eigenvalue weighted by Gasteiger charge is 2.18. The Kier molecular flexibility index (Phi) is 6.55. The Morgan fingerprint density at radius 1 is 1.29 bits per heavy atom. The van der Waals surface area contributed by atoms with E-state index in [1.54, 1.807) is 25.7 Å². The van der Waals surface area contributed by atoms with E-state index in [9.17, 15) is 9.59 Å². The number of carbonyl (C=O) groups excluding carboxylic acids is 1. The number of carboxylic acids is 1. The fourth-order valence-electron chi connectivity index (χ4n) is 1.84. The number of hydrogen-bond donors (Lipinski definition) is 2. The van der Waals surface area contributed by atoms with E-state index in [0.717, 1.165) is 5.56 Å². The molecule has 0 saturated heterocycles. The fourth-order valence-corrected chi connectivity index (χ4v) is 2.25. The van der Waals surface area contributed by atoms with E-state index in [1.165, 1.54) is 9.80 Å². The Hall–Kier alpha value is -1.69. The molecule has 2 N–H and O–H groups in total. The van der Waals surface area contributed by atoms with Crippen LogP contribution >= 0.6 is 11.8 Å². The van der Waals surface area contributed by atoms with Gasteiger partial charge in [-0.05, 0) is 30.9 Å². The number of urea groups is 1. The second kappa shape index (κ2) is 7.93. The van der Waals surface area contributed by atoms with Crippen LogP contribution in [0.5, 0.6) is 0 Å². The van der Waals surface area contributed by atoms with Crippen LogP contribution in [0.25, 0.3) is 0 Å². The van der Waals surface area contributed by atoms with Gasteiger partial charge in [-0.3, -0.25) is 4.79 Å². The smallest absolute Gasteiger partial charge is 0.317 e. The molecule has 1 rings (SSSR count). The molecule has 0 aliphatic rings. The molecule has 21 heavy (non-hydrogen) atoms. The lowest BCUT2D eigenvalue weighted by molar-refractivity contribution is -0.141. The van der Waals surface area contributed by atoms with E-state index in [-0.39, 0.29) is 18.6 Å². The van der Waals surface area contributed by atoms with E-state index in [1.807, 2.05) is 37.4 Å². The van der Waals surface area contributed by atoms with Gasteiger partial charge in [-0.2, -0.15) is 0 Å². The molecule has 0 aliphatic heterocycles. The number of carbonyl (C=O) groups is 2. The van der Waals surface area contributed by atoms with Crippen molar-refractivity contribution in [3.05, 3.63) is 29.8 Å². The Morgan fingerprint density at radius 2 is 1.86 bits per heavy atom. The van der Waals surface area contributed by atoms with Gasteiger partial charge in [0.15, 0.2) is 0 Å². The van der Waals surface area contributed by atoms with E-state index in [4.69, 9.17) is 5.11 Å². The zero-order chi connectivity index (χ0) is 16.0. The zero-order valence-electron chi connectivity index (χ0n) is 12.8. The van der Waals surface area contributed by atoms with Crippen molar-refractivity contribution in [3.63, 3.8) is 0 Å². The summed E-state index contributed by atoms with van der Waals surface area (Å²) in [6.45, 7) is 3.66. The second-order valence-corrected chi connectivity index (χ2v) is 5.94. The first kappa shape index (κ1) is 17.4. The second-order valence-electron chi connectivity index (χ2n) is 5.06. The summed E-state index contributed by atoms with van der Waals surface area (Å²) in [5, 5.41) is 11.7. The zero-order valence-corrected chi connectivity index (χ0v) is 13.6. The molecule has 116 valence electrons. The molecular formula is C15H22N2O3S. The Balaban J connectivity index is 2.58. The largest absolute Gasteiger partial charge is 0.481 e. The average Bonchev–Trinajstić information content (AvgIpc) is 2.46. The van der Waals surface area contributed by atoms with Gasteiger partial charge in [0.1, 0.15) is 0 Å². The van der Waals surface area contributed by atoms with Gasteiger partial charge >= 0.3 is 12.0 Å². The van der Waals surface area contributed by atoms with Crippen molar-refractivity contribution >= 4 is 23.8 Å². The predicted molar refractivity (Wildman–Crippen MR) is 84.6 cm³/mol. The normalized spacial score (nSPS) is 13.3. The van der Waals surface area contributed by atoms with Crippen LogP contribution in [-0.2, 0) is 4.79 Å². The summed E-state index contributed by atoms with van der Waals surface area (Å²) in [6, 6.07) is 7.59. The molecular weight excluding hydrogens is 288 g/mol. The van der Waals surface area contributed by atoms with Crippen molar-refractivity contribution in [2.45, 2.75) is 24.8 Å². The highest BCUT2D eigenvalue weighted by molar-refractivity contribution is 7.98. The van der Waals surface area contributed by atoms with Crippen LogP contribution in [0.4, 0.5) is 4.79 Å². The van der Waals surface area contributed by atoms with Crippen molar-refractivity contribution in [2.75, 3.05) is 19.8 Å². The number of carboxylic acid groups (broad SMARTS) is 1. The van der Waals surface area contributed by atoms with E-state index in [2.05, 4.69) is 5.32 Å². The first-order valence-corrected chi connectivity index (χ1v) is 7.96. The number of thioether (sulfide) groups is 1. The number of nitrogens with one attached hydrogen (secondary N) is 1. The van der Waals surface area contributed by atoms with Crippen molar-refractivity contribution in [1.29, 1.82) is 0 Å². The fraction of sp³-hybridized carbons (Fsp3) is 0.467. The molecule has 0 heterocycles. The molecule has 0 spiro atoms. The van der Waals surface area contributed by atoms with Crippen molar-refractivity contribution < 1.29 is 14.7 Å². The Labute approximate surface area is 129 Å². The lowest BCUT2D eigenvalue weighted by atomic mass is 10.1. The van der Waals surface area contributed by atoms with E-state index < -0.39 is 11.9 Å². The molecule has 1 unspecified atom stereocenters. The van der Waals surface area contributed by atoms with Gasteiger partial charge in [0.25, 0.3) is 0 Å². The van der Waals surface area contributed by atoms with Gasteiger partial charge in [-0.25, -0.2) is 4.79 Å². The third-order valence-corrected chi connectivity index (χ3v) is 4.02. The maximum atomic E-state index is 12.0. The number of nitrogens with zero attached hydrogens (tertiary/aromatic N) is 1. The van der Waals surface area contributed by atoms with E-state index in [0.29, 0.717) is 0 Å². The summed E-state index contributed by atoms with van der Waals surface area (Å²) >= 11 is 1.67. The summed E-state index contributed by atoms with van der Waals surface area (Å²) in [5.74, 6) is -1.49. The predicted octanol–water partition coefficient (Wildman–Crippen LogP) is 2.83. The number of benzene rings is 1. The van der Waals surface area contributed by atoms with Gasteiger partial charge in [0.05, 0.1) is 12.0 Å². The van der Waals surface area contributed by atoms with Gasteiger partial charge in [0.2, 0.25) is 0 Å². The Bertz CT molecular complexity index is 490. The van der Waals surface area contributed by atoms with Crippen LogP contribution in [-0.4, -0.2) is 41.9 Å². The van der Waals surface area contributed by atoms with Crippen LogP contribution in [0.2, 0.25) is 0 Å². The topological polar surface area (TPSA) is 69.6 Å². The monoisotopic (exact) mass is 310 g/mol. The van der Waals surface area contributed by atoms with Crippen LogP contribution in [0.15, 0.2) is 29.2 Å². The standard InChI is InChI=1S/C15H22N2O3S/c1-10(14(18)19)9-17(3)15(20)16-11(2)12-5-7-13(21-4)8-6-12/h5-8,10-11H,9H2,1-4H3,(H,16,20)(H,18,19)/t10?,11-/m1/s1. The molecule has 0 bridgehead atoms. The number of aliphatic carboxylic acids is 1. The quantitative estimate of drug-likeness (QED) is 0.793. The number of amides is 2. The molecule has 1 aromatic rings. The molecule has 0 radical (unpaired) electrons. The minimum atomic E-state index is -0.907. The molecule has 0 aliphatic carbocycles. The molecule has 2 amide bonds. The number of rotatable bonds is 6. The lowest BCUT2D eigenvalue weighted by Gasteiger charge is -2.23. The highest BCUT2D eigenvalue weighted by Crippen LogP contribution is 2.19. The average molecular weight is 310 g/mol. The highest BCUT2D eigenvalue weighted by atomic mass is 32.2. The minimum Gasteiger partial charge on any atom is -0.481 e. The molecule has 0 fully saturated rings. The Morgan fingerprint density at radius 3 is 2.33 bits per heavy atom. The SMILES string of the molecule is CSc1ccc([C@@H](C)NC(=O)N(C)CC(C)C(=O)O)cc1.